The van der Waals surface area contributed by atoms with Crippen molar-refractivity contribution in [3.63, 3.8) is 0 Å². The predicted molar refractivity (Wildman–Crippen MR) is 76.3 cm³/mol. The van der Waals surface area contributed by atoms with E-state index in [1.807, 2.05) is 48.0 Å². The number of benzene rings is 1. The summed E-state index contributed by atoms with van der Waals surface area (Å²) in [6.45, 7) is 2.05. The minimum atomic E-state index is -0.0296. The predicted octanol–water partition coefficient (Wildman–Crippen LogP) is 4.28. The molecule has 2 rings (SSSR count). The molecule has 1 N–H and O–H groups in total. The lowest BCUT2D eigenvalue weighted by atomic mass is 10.0. The maximum Gasteiger partial charge on any atom is 0.252 e. The van der Waals surface area contributed by atoms with Crippen LogP contribution in [0.25, 0.3) is 0 Å². The van der Waals surface area contributed by atoms with E-state index in [0.717, 1.165) is 12.0 Å². The zero-order valence-electron chi connectivity index (χ0n) is 10.0. The van der Waals surface area contributed by atoms with Gasteiger partial charge in [-0.1, -0.05) is 30.7 Å². The van der Waals surface area contributed by atoms with E-state index in [4.69, 9.17) is 11.6 Å². The second-order valence-electron chi connectivity index (χ2n) is 4.00. The molecule has 0 fully saturated rings. The van der Waals surface area contributed by atoms with Crippen molar-refractivity contribution in [3.05, 3.63) is 57.2 Å². The Kier molecular flexibility index (Phi) is 4.39. The van der Waals surface area contributed by atoms with E-state index in [2.05, 4.69) is 5.32 Å². The number of rotatable bonds is 4. The summed E-state index contributed by atoms with van der Waals surface area (Å²) in [7, 11) is 0. The van der Waals surface area contributed by atoms with Gasteiger partial charge in [0.05, 0.1) is 11.6 Å². The van der Waals surface area contributed by atoms with Gasteiger partial charge in [-0.2, -0.15) is 11.3 Å². The molecule has 2 aromatic rings. The standard InChI is InChI=1S/C14H14ClNOS/c1-2-13(10-3-5-12(15)6-4-10)16-14(17)11-7-8-18-9-11/h3-9,13H,2H2,1H3,(H,16,17). The van der Waals surface area contributed by atoms with Gasteiger partial charge in [0, 0.05) is 10.4 Å². The number of halogens is 1. The van der Waals surface area contributed by atoms with Gasteiger partial charge in [0.15, 0.2) is 0 Å². The quantitative estimate of drug-likeness (QED) is 0.889. The molecule has 4 heteroatoms. The van der Waals surface area contributed by atoms with Gasteiger partial charge in [-0.05, 0) is 35.6 Å². The Morgan fingerprint density at radius 1 is 1.33 bits per heavy atom. The van der Waals surface area contributed by atoms with E-state index in [0.29, 0.717) is 10.6 Å². The second kappa shape index (κ2) is 6.03. The van der Waals surface area contributed by atoms with Crippen LogP contribution in [-0.2, 0) is 0 Å². The third kappa shape index (κ3) is 3.12. The highest BCUT2D eigenvalue weighted by Gasteiger charge is 2.14. The number of carbonyl (C=O) groups excluding carboxylic acids is 1. The molecule has 1 aromatic carbocycles. The van der Waals surface area contributed by atoms with E-state index in [1.54, 1.807) is 0 Å². The van der Waals surface area contributed by atoms with Crippen LogP contribution in [0.5, 0.6) is 0 Å². The Balaban J connectivity index is 2.10. The molecule has 0 aliphatic carbocycles. The Hall–Kier alpha value is -1.32. The fourth-order valence-electron chi connectivity index (χ4n) is 1.75. The highest BCUT2D eigenvalue weighted by atomic mass is 35.5. The lowest BCUT2D eigenvalue weighted by Crippen LogP contribution is -2.27. The first kappa shape index (κ1) is 13.1. The van der Waals surface area contributed by atoms with Crippen LogP contribution in [0.4, 0.5) is 0 Å². The van der Waals surface area contributed by atoms with Gasteiger partial charge in [0.25, 0.3) is 5.91 Å². The van der Waals surface area contributed by atoms with Gasteiger partial charge in [-0.25, -0.2) is 0 Å². The summed E-state index contributed by atoms with van der Waals surface area (Å²) in [5.41, 5.74) is 1.79. The molecular formula is C14H14ClNOS. The summed E-state index contributed by atoms with van der Waals surface area (Å²) in [5.74, 6) is -0.0296. The molecule has 0 radical (unpaired) electrons. The van der Waals surface area contributed by atoms with Crippen molar-refractivity contribution < 1.29 is 4.79 Å². The number of amides is 1. The molecule has 0 saturated heterocycles. The summed E-state index contributed by atoms with van der Waals surface area (Å²) in [6.07, 6.45) is 0.845. The normalized spacial score (nSPS) is 12.1. The van der Waals surface area contributed by atoms with Crippen LogP contribution in [0, 0.1) is 0 Å². The zero-order chi connectivity index (χ0) is 13.0. The maximum atomic E-state index is 12.0. The Labute approximate surface area is 116 Å². The number of hydrogen-bond acceptors (Lipinski definition) is 2. The van der Waals surface area contributed by atoms with Gasteiger partial charge in [0.2, 0.25) is 0 Å². The minimum absolute atomic E-state index is 0.0228. The number of thiophene rings is 1. The van der Waals surface area contributed by atoms with Crippen LogP contribution < -0.4 is 5.32 Å². The summed E-state index contributed by atoms with van der Waals surface area (Å²) in [6, 6.07) is 9.44. The summed E-state index contributed by atoms with van der Waals surface area (Å²) in [5, 5.41) is 7.49. The third-order valence-corrected chi connectivity index (χ3v) is 3.70. The molecular weight excluding hydrogens is 266 g/mol. The summed E-state index contributed by atoms with van der Waals surface area (Å²) >= 11 is 7.38. The average molecular weight is 280 g/mol. The molecule has 1 unspecified atom stereocenters. The van der Waals surface area contributed by atoms with Crippen molar-refractivity contribution in [2.24, 2.45) is 0 Å². The van der Waals surface area contributed by atoms with E-state index < -0.39 is 0 Å². The van der Waals surface area contributed by atoms with Gasteiger partial charge >= 0.3 is 0 Å². The van der Waals surface area contributed by atoms with E-state index in [-0.39, 0.29) is 11.9 Å². The van der Waals surface area contributed by atoms with Crippen molar-refractivity contribution in [1.29, 1.82) is 0 Å². The molecule has 2 nitrogen and oxygen atoms in total. The molecule has 0 saturated carbocycles. The molecule has 94 valence electrons. The topological polar surface area (TPSA) is 29.1 Å². The van der Waals surface area contributed by atoms with Crippen LogP contribution in [0.2, 0.25) is 5.02 Å². The summed E-state index contributed by atoms with van der Waals surface area (Å²) < 4.78 is 0. The molecule has 0 aliphatic rings. The van der Waals surface area contributed by atoms with Crippen LogP contribution in [0.15, 0.2) is 41.1 Å². The van der Waals surface area contributed by atoms with Crippen molar-refractivity contribution in [2.45, 2.75) is 19.4 Å². The summed E-state index contributed by atoms with van der Waals surface area (Å²) in [4.78, 5) is 12.0. The molecule has 18 heavy (non-hydrogen) atoms. The van der Waals surface area contributed by atoms with Gasteiger partial charge in [-0.15, -0.1) is 0 Å². The lowest BCUT2D eigenvalue weighted by molar-refractivity contribution is 0.0936. The maximum absolute atomic E-state index is 12.0. The zero-order valence-corrected chi connectivity index (χ0v) is 11.6. The van der Waals surface area contributed by atoms with Crippen molar-refractivity contribution in [3.8, 4) is 0 Å². The van der Waals surface area contributed by atoms with E-state index >= 15 is 0 Å². The van der Waals surface area contributed by atoms with Gasteiger partial charge in [0.1, 0.15) is 0 Å². The Morgan fingerprint density at radius 3 is 2.61 bits per heavy atom. The van der Waals surface area contributed by atoms with Gasteiger partial charge in [-0.3, -0.25) is 4.79 Å². The fraction of sp³-hybridized carbons (Fsp3) is 0.214. The van der Waals surface area contributed by atoms with Crippen LogP contribution in [0.1, 0.15) is 35.3 Å². The van der Waals surface area contributed by atoms with E-state index in [9.17, 15) is 4.79 Å². The largest absolute Gasteiger partial charge is 0.345 e. The molecule has 1 aromatic heterocycles. The second-order valence-corrected chi connectivity index (χ2v) is 5.21. The van der Waals surface area contributed by atoms with Crippen LogP contribution >= 0.6 is 22.9 Å². The molecule has 0 aliphatic heterocycles. The molecule has 1 atom stereocenters. The first-order valence-electron chi connectivity index (χ1n) is 5.79. The Bertz CT molecular complexity index is 507. The molecule has 0 bridgehead atoms. The van der Waals surface area contributed by atoms with Crippen molar-refractivity contribution in [1.82, 2.24) is 5.32 Å². The molecule has 0 spiro atoms. The third-order valence-electron chi connectivity index (χ3n) is 2.77. The number of carbonyl (C=O) groups is 1. The van der Waals surface area contributed by atoms with Crippen LogP contribution in [0.3, 0.4) is 0 Å². The Morgan fingerprint density at radius 2 is 2.06 bits per heavy atom. The van der Waals surface area contributed by atoms with Crippen molar-refractivity contribution >= 4 is 28.8 Å². The molecule has 1 heterocycles. The van der Waals surface area contributed by atoms with Crippen molar-refractivity contribution in [2.75, 3.05) is 0 Å². The SMILES string of the molecule is CCC(NC(=O)c1ccsc1)c1ccc(Cl)cc1. The molecule has 1 amide bonds. The first-order valence-corrected chi connectivity index (χ1v) is 7.11. The minimum Gasteiger partial charge on any atom is -0.345 e. The number of hydrogen-bond donors (Lipinski definition) is 1. The highest BCUT2D eigenvalue weighted by Crippen LogP contribution is 2.20. The van der Waals surface area contributed by atoms with Gasteiger partial charge < -0.3 is 5.32 Å². The first-order chi connectivity index (χ1) is 8.70. The van der Waals surface area contributed by atoms with Crippen LogP contribution in [-0.4, -0.2) is 5.91 Å². The fourth-order valence-corrected chi connectivity index (χ4v) is 2.51. The average Bonchev–Trinajstić information content (AvgIpc) is 2.91. The monoisotopic (exact) mass is 279 g/mol. The smallest absolute Gasteiger partial charge is 0.252 e. The van der Waals surface area contributed by atoms with E-state index in [1.165, 1.54) is 11.3 Å². The highest BCUT2D eigenvalue weighted by molar-refractivity contribution is 7.08. The lowest BCUT2D eigenvalue weighted by Gasteiger charge is -2.17. The number of nitrogens with one attached hydrogen (secondary N) is 1.